The van der Waals surface area contributed by atoms with Crippen molar-refractivity contribution in [2.24, 2.45) is 0 Å². The molecular weight excluding hydrogens is 280 g/mol. The molecule has 0 spiro atoms. The predicted octanol–water partition coefficient (Wildman–Crippen LogP) is 1.91. The van der Waals surface area contributed by atoms with Crippen molar-refractivity contribution in [3.63, 3.8) is 0 Å². The fraction of sp³-hybridized carbons (Fsp3) is 0.438. The summed E-state index contributed by atoms with van der Waals surface area (Å²) in [6, 6.07) is 7.74. The van der Waals surface area contributed by atoms with Crippen LogP contribution < -0.4 is 4.90 Å². The van der Waals surface area contributed by atoms with Crippen molar-refractivity contribution in [3.8, 4) is 11.5 Å². The number of pyridine rings is 1. The molecule has 0 N–H and O–H groups in total. The topological polar surface area (TPSA) is 60.4 Å². The van der Waals surface area contributed by atoms with Gasteiger partial charge in [-0.15, -0.1) is 0 Å². The summed E-state index contributed by atoms with van der Waals surface area (Å²) in [5.74, 6) is 1.55. The number of nitrogens with zero attached hydrogens (tertiary/aromatic N) is 4. The molecule has 2 aromatic rings. The number of aromatic nitrogens is 3. The summed E-state index contributed by atoms with van der Waals surface area (Å²) < 4.78 is 10.9. The van der Waals surface area contributed by atoms with Crippen molar-refractivity contribution in [1.82, 2.24) is 15.0 Å². The lowest BCUT2D eigenvalue weighted by atomic mass is 10.3. The second-order valence-electron chi connectivity index (χ2n) is 4.99. The molecule has 0 saturated carbocycles. The first-order valence-electron chi connectivity index (χ1n) is 7.56. The molecule has 0 aromatic carbocycles. The molecular formula is C16H20N4O2. The smallest absolute Gasteiger partial charge is 0.180 e. The quantitative estimate of drug-likeness (QED) is 0.840. The first-order chi connectivity index (χ1) is 10.9. The first kappa shape index (κ1) is 14.9. The lowest BCUT2D eigenvalue weighted by molar-refractivity contribution is 0.122. The van der Waals surface area contributed by atoms with E-state index in [0.29, 0.717) is 19.0 Å². The Labute approximate surface area is 130 Å². The fourth-order valence-electron chi connectivity index (χ4n) is 2.33. The third kappa shape index (κ3) is 3.58. The maximum absolute atomic E-state index is 5.50. The lowest BCUT2D eigenvalue weighted by Gasteiger charge is -2.28. The second-order valence-corrected chi connectivity index (χ2v) is 4.99. The molecule has 0 amide bonds. The van der Waals surface area contributed by atoms with Gasteiger partial charge in [0.05, 0.1) is 25.5 Å². The van der Waals surface area contributed by atoms with E-state index in [0.717, 1.165) is 43.5 Å². The third-order valence-electron chi connectivity index (χ3n) is 3.45. The highest BCUT2D eigenvalue weighted by Gasteiger charge is 2.16. The van der Waals surface area contributed by atoms with E-state index in [4.69, 9.17) is 9.47 Å². The molecule has 0 unspecified atom stereocenters. The number of hydrogen-bond acceptors (Lipinski definition) is 6. The fourth-order valence-corrected chi connectivity index (χ4v) is 2.33. The van der Waals surface area contributed by atoms with Gasteiger partial charge in [-0.1, -0.05) is 6.07 Å². The Morgan fingerprint density at radius 1 is 1.23 bits per heavy atom. The summed E-state index contributed by atoms with van der Waals surface area (Å²) in [6.07, 6.45) is 1.75. The molecule has 1 aliphatic heterocycles. The highest BCUT2D eigenvalue weighted by Crippen LogP contribution is 2.20. The summed E-state index contributed by atoms with van der Waals surface area (Å²) in [5.41, 5.74) is 1.65. The van der Waals surface area contributed by atoms with E-state index < -0.39 is 0 Å². The Balaban J connectivity index is 1.94. The Bertz CT molecular complexity index is 600. The van der Waals surface area contributed by atoms with Gasteiger partial charge in [-0.2, -0.15) is 0 Å². The monoisotopic (exact) mass is 300 g/mol. The molecule has 116 valence electrons. The van der Waals surface area contributed by atoms with Crippen LogP contribution >= 0.6 is 0 Å². The minimum absolute atomic E-state index is 0.482. The van der Waals surface area contributed by atoms with Crippen molar-refractivity contribution < 1.29 is 9.47 Å². The first-order valence-corrected chi connectivity index (χ1v) is 7.56. The van der Waals surface area contributed by atoms with Gasteiger partial charge in [0.15, 0.2) is 5.82 Å². The van der Waals surface area contributed by atoms with Crippen LogP contribution in [0.1, 0.15) is 12.6 Å². The van der Waals surface area contributed by atoms with Gasteiger partial charge in [-0.3, -0.25) is 4.98 Å². The SMILES string of the molecule is CCOCc1cc(N2CCOCC2)nc(-c2ccccn2)n1. The summed E-state index contributed by atoms with van der Waals surface area (Å²) in [5, 5.41) is 0. The van der Waals surface area contributed by atoms with E-state index >= 15 is 0 Å². The summed E-state index contributed by atoms with van der Waals surface area (Å²) in [7, 11) is 0. The van der Waals surface area contributed by atoms with E-state index in [1.807, 2.05) is 31.2 Å². The van der Waals surface area contributed by atoms with Crippen LogP contribution in [0.2, 0.25) is 0 Å². The minimum atomic E-state index is 0.482. The van der Waals surface area contributed by atoms with Crippen LogP contribution in [0, 0.1) is 0 Å². The van der Waals surface area contributed by atoms with Gasteiger partial charge in [0.2, 0.25) is 0 Å². The van der Waals surface area contributed by atoms with Gasteiger partial charge in [0, 0.05) is 32.0 Å². The molecule has 3 heterocycles. The van der Waals surface area contributed by atoms with E-state index in [1.165, 1.54) is 0 Å². The number of rotatable bonds is 5. The van der Waals surface area contributed by atoms with Crippen LogP contribution in [0.3, 0.4) is 0 Å². The van der Waals surface area contributed by atoms with Crippen LogP contribution in [0.4, 0.5) is 5.82 Å². The van der Waals surface area contributed by atoms with Gasteiger partial charge < -0.3 is 14.4 Å². The number of anilines is 1. The minimum Gasteiger partial charge on any atom is -0.378 e. The van der Waals surface area contributed by atoms with E-state index in [1.54, 1.807) is 6.20 Å². The summed E-state index contributed by atoms with van der Waals surface area (Å²) in [6.45, 7) is 6.25. The molecule has 2 aromatic heterocycles. The van der Waals surface area contributed by atoms with Crippen molar-refractivity contribution in [2.45, 2.75) is 13.5 Å². The van der Waals surface area contributed by atoms with Gasteiger partial charge in [-0.05, 0) is 19.1 Å². The molecule has 1 fully saturated rings. The molecule has 6 heteroatoms. The van der Waals surface area contributed by atoms with Crippen molar-refractivity contribution in [1.29, 1.82) is 0 Å². The van der Waals surface area contributed by atoms with Crippen molar-refractivity contribution >= 4 is 5.82 Å². The molecule has 1 aliphatic rings. The average molecular weight is 300 g/mol. The van der Waals surface area contributed by atoms with Crippen LogP contribution in [0.25, 0.3) is 11.5 Å². The number of hydrogen-bond donors (Lipinski definition) is 0. The van der Waals surface area contributed by atoms with E-state index in [9.17, 15) is 0 Å². The molecule has 0 atom stereocenters. The summed E-state index contributed by atoms with van der Waals surface area (Å²) in [4.78, 5) is 15.8. The summed E-state index contributed by atoms with van der Waals surface area (Å²) >= 11 is 0. The maximum Gasteiger partial charge on any atom is 0.180 e. The third-order valence-corrected chi connectivity index (χ3v) is 3.45. The Morgan fingerprint density at radius 2 is 2.09 bits per heavy atom. The maximum atomic E-state index is 5.50. The van der Waals surface area contributed by atoms with Gasteiger partial charge >= 0.3 is 0 Å². The van der Waals surface area contributed by atoms with Crippen molar-refractivity contribution in [2.75, 3.05) is 37.8 Å². The molecule has 0 aliphatic carbocycles. The molecule has 0 bridgehead atoms. The Morgan fingerprint density at radius 3 is 2.82 bits per heavy atom. The highest BCUT2D eigenvalue weighted by atomic mass is 16.5. The van der Waals surface area contributed by atoms with Crippen LogP contribution in [0.5, 0.6) is 0 Å². The molecule has 3 rings (SSSR count). The zero-order chi connectivity index (χ0) is 15.2. The molecule has 1 saturated heterocycles. The van der Waals surface area contributed by atoms with Crippen LogP contribution in [-0.2, 0) is 16.1 Å². The Hall–Kier alpha value is -2.05. The number of ether oxygens (including phenoxy) is 2. The number of morpholine rings is 1. The lowest BCUT2D eigenvalue weighted by Crippen LogP contribution is -2.37. The molecule has 0 radical (unpaired) electrons. The van der Waals surface area contributed by atoms with Crippen LogP contribution in [0.15, 0.2) is 30.5 Å². The van der Waals surface area contributed by atoms with Gasteiger partial charge in [-0.25, -0.2) is 9.97 Å². The van der Waals surface area contributed by atoms with E-state index in [-0.39, 0.29) is 0 Å². The van der Waals surface area contributed by atoms with E-state index in [2.05, 4.69) is 19.9 Å². The van der Waals surface area contributed by atoms with Gasteiger partial charge in [0.1, 0.15) is 11.5 Å². The van der Waals surface area contributed by atoms with Crippen LogP contribution in [-0.4, -0.2) is 47.9 Å². The molecule has 6 nitrogen and oxygen atoms in total. The average Bonchev–Trinajstić information content (AvgIpc) is 2.61. The molecule has 22 heavy (non-hydrogen) atoms. The Kier molecular flexibility index (Phi) is 4.92. The van der Waals surface area contributed by atoms with Gasteiger partial charge in [0.25, 0.3) is 0 Å². The normalized spacial score (nSPS) is 15.0. The second kappa shape index (κ2) is 7.29. The highest BCUT2D eigenvalue weighted by molar-refractivity contribution is 5.53. The largest absolute Gasteiger partial charge is 0.378 e. The zero-order valence-electron chi connectivity index (χ0n) is 12.7. The zero-order valence-corrected chi connectivity index (χ0v) is 12.7. The predicted molar refractivity (Wildman–Crippen MR) is 83.6 cm³/mol. The standard InChI is InChI=1S/C16H20N4O2/c1-2-21-12-13-11-15(20-7-9-22-10-8-20)19-16(18-13)14-5-3-4-6-17-14/h3-6,11H,2,7-10,12H2,1H3. The van der Waals surface area contributed by atoms with Crippen molar-refractivity contribution in [3.05, 3.63) is 36.2 Å².